The monoisotopic (exact) mass is 227 g/mol. The van der Waals surface area contributed by atoms with Gasteiger partial charge in [0.25, 0.3) is 0 Å². The summed E-state index contributed by atoms with van der Waals surface area (Å²) in [5.41, 5.74) is -0.475. The van der Waals surface area contributed by atoms with Gasteiger partial charge < -0.3 is 9.84 Å². The van der Waals surface area contributed by atoms with Gasteiger partial charge >= 0.3 is 5.97 Å². The Morgan fingerprint density at radius 1 is 1.50 bits per heavy atom. The van der Waals surface area contributed by atoms with Crippen molar-refractivity contribution in [2.45, 2.75) is 38.7 Å². The van der Waals surface area contributed by atoms with Gasteiger partial charge in [0.1, 0.15) is 0 Å². The van der Waals surface area contributed by atoms with Crippen molar-refractivity contribution in [2.24, 2.45) is 5.41 Å². The second kappa shape index (κ2) is 4.72. The molecular formula is C12H21NO3. The van der Waals surface area contributed by atoms with Gasteiger partial charge in [-0.05, 0) is 19.8 Å². The zero-order valence-corrected chi connectivity index (χ0v) is 9.95. The van der Waals surface area contributed by atoms with Crippen LogP contribution in [0.1, 0.15) is 32.6 Å². The van der Waals surface area contributed by atoms with Gasteiger partial charge in [0.2, 0.25) is 0 Å². The Bertz CT molecular complexity index is 261. The summed E-state index contributed by atoms with van der Waals surface area (Å²) in [6, 6.07) is 0. The number of ether oxygens (including phenoxy) is 1. The van der Waals surface area contributed by atoms with Crippen LogP contribution in [-0.4, -0.2) is 48.3 Å². The maximum atomic E-state index is 11.4. The smallest absolute Gasteiger partial charge is 0.310 e. The van der Waals surface area contributed by atoms with Crippen LogP contribution in [0.5, 0.6) is 0 Å². The van der Waals surface area contributed by atoms with Crippen LogP contribution in [-0.2, 0) is 9.53 Å². The van der Waals surface area contributed by atoms with E-state index in [9.17, 15) is 9.90 Å². The minimum absolute atomic E-state index is 0.237. The highest BCUT2D eigenvalue weighted by atomic mass is 16.5. The second-order valence-electron chi connectivity index (χ2n) is 5.21. The van der Waals surface area contributed by atoms with E-state index in [2.05, 4.69) is 4.90 Å². The molecule has 1 unspecified atom stereocenters. The third kappa shape index (κ3) is 2.38. The normalized spacial score (nSPS) is 30.4. The first-order valence-electron chi connectivity index (χ1n) is 6.20. The number of carbonyl (C=O) groups is 1. The van der Waals surface area contributed by atoms with Gasteiger partial charge in [-0.2, -0.15) is 0 Å². The highest BCUT2D eigenvalue weighted by Gasteiger charge is 2.42. The molecule has 1 aliphatic carbocycles. The van der Waals surface area contributed by atoms with Crippen LogP contribution >= 0.6 is 0 Å². The van der Waals surface area contributed by atoms with Gasteiger partial charge in [0, 0.05) is 19.6 Å². The molecule has 0 spiro atoms. The van der Waals surface area contributed by atoms with Crippen LogP contribution in [0.15, 0.2) is 0 Å². The Labute approximate surface area is 96.6 Å². The van der Waals surface area contributed by atoms with Crippen molar-refractivity contribution in [1.29, 1.82) is 0 Å². The van der Waals surface area contributed by atoms with Crippen molar-refractivity contribution in [3.05, 3.63) is 0 Å². The third-order valence-electron chi connectivity index (χ3n) is 3.87. The molecule has 2 aliphatic rings. The fraction of sp³-hybridized carbons (Fsp3) is 0.917. The molecule has 1 atom stereocenters. The highest BCUT2D eigenvalue weighted by Crippen LogP contribution is 2.39. The highest BCUT2D eigenvalue weighted by molar-refractivity contribution is 5.75. The Balaban J connectivity index is 1.97. The van der Waals surface area contributed by atoms with E-state index < -0.39 is 11.4 Å². The van der Waals surface area contributed by atoms with Gasteiger partial charge in [-0.1, -0.05) is 12.8 Å². The maximum absolute atomic E-state index is 11.4. The number of hydrogen-bond donors (Lipinski definition) is 1. The van der Waals surface area contributed by atoms with Crippen LogP contribution in [0.4, 0.5) is 0 Å². The molecule has 16 heavy (non-hydrogen) atoms. The van der Waals surface area contributed by atoms with Crippen molar-refractivity contribution in [2.75, 3.05) is 26.2 Å². The van der Waals surface area contributed by atoms with Crippen LogP contribution < -0.4 is 0 Å². The molecule has 0 amide bonds. The van der Waals surface area contributed by atoms with Crippen LogP contribution in [0, 0.1) is 5.41 Å². The molecule has 1 aliphatic heterocycles. The molecule has 1 N–H and O–H groups in total. The summed E-state index contributed by atoms with van der Waals surface area (Å²) in [6.45, 7) is 5.23. The number of aliphatic carboxylic acids is 1. The Morgan fingerprint density at radius 2 is 2.19 bits per heavy atom. The van der Waals surface area contributed by atoms with Gasteiger partial charge in [-0.25, -0.2) is 0 Å². The zero-order chi connectivity index (χ0) is 11.6. The van der Waals surface area contributed by atoms with Crippen molar-refractivity contribution < 1.29 is 14.6 Å². The molecule has 0 aromatic heterocycles. The van der Waals surface area contributed by atoms with E-state index >= 15 is 0 Å². The molecule has 1 saturated carbocycles. The van der Waals surface area contributed by atoms with E-state index in [1.807, 2.05) is 6.92 Å². The largest absolute Gasteiger partial charge is 0.481 e. The lowest BCUT2D eigenvalue weighted by molar-refractivity contribution is -0.151. The summed E-state index contributed by atoms with van der Waals surface area (Å²) in [6.07, 6.45) is 4.04. The van der Waals surface area contributed by atoms with E-state index in [0.29, 0.717) is 6.54 Å². The van der Waals surface area contributed by atoms with Crippen molar-refractivity contribution >= 4 is 5.97 Å². The average molecular weight is 227 g/mol. The molecule has 4 heteroatoms. The van der Waals surface area contributed by atoms with E-state index in [1.165, 1.54) is 0 Å². The molecule has 4 nitrogen and oxygen atoms in total. The SMILES string of the molecule is CC1CN(CC2(C(=O)O)CCCC2)CCO1. The first-order chi connectivity index (χ1) is 7.62. The molecule has 1 heterocycles. The Hall–Kier alpha value is -0.610. The molecule has 2 fully saturated rings. The van der Waals surface area contributed by atoms with Gasteiger partial charge in [0.05, 0.1) is 18.1 Å². The zero-order valence-electron chi connectivity index (χ0n) is 9.95. The van der Waals surface area contributed by atoms with E-state index in [1.54, 1.807) is 0 Å². The molecule has 0 aromatic rings. The summed E-state index contributed by atoms with van der Waals surface area (Å²) in [5.74, 6) is -0.607. The average Bonchev–Trinajstić information content (AvgIpc) is 2.67. The van der Waals surface area contributed by atoms with Crippen molar-refractivity contribution in [3.63, 3.8) is 0 Å². The van der Waals surface area contributed by atoms with Gasteiger partial charge in [-0.3, -0.25) is 9.69 Å². The molecule has 1 saturated heterocycles. The Morgan fingerprint density at radius 3 is 2.75 bits per heavy atom. The summed E-state index contributed by atoms with van der Waals surface area (Å²) in [5, 5.41) is 9.40. The maximum Gasteiger partial charge on any atom is 0.310 e. The number of carboxylic acid groups (broad SMARTS) is 1. The molecule has 0 bridgehead atoms. The quantitative estimate of drug-likeness (QED) is 0.790. The fourth-order valence-electron chi connectivity index (χ4n) is 2.95. The van der Waals surface area contributed by atoms with Crippen LogP contribution in [0.25, 0.3) is 0 Å². The van der Waals surface area contributed by atoms with Crippen LogP contribution in [0.3, 0.4) is 0 Å². The second-order valence-corrected chi connectivity index (χ2v) is 5.21. The topological polar surface area (TPSA) is 49.8 Å². The molecule has 92 valence electrons. The Kier molecular flexibility index (Phi) is 3.50. The minimum Gasteiger partial charge on any atom is -0.481 e. The first-order valence-corrected chi connectivity index (χ1v) is 6.20. The summed E-state index contributed by atoms with van der Waals surface area (Å²) in [4.78, 5) is 13.7. The fourth-order valence-corrected chi connectivity index (χ4v) is 2.95. The predicted octanol–water partition coefficient (Wildman–Crippen LogP) is 1.35. The number of carboxylic acids is 1. The van der Waals surface area contributed by atoms with Crippen molar-refractivity contribution in [1.82, 2.24) is 4.90 Å². The summed E-state index contributed by atoms with van der Waals surface area (Å²) >= 11 is 0. The number of morpholine rings is 1. The summed E-state index contributed by atoms with van der Waals surface area (Å²) in [7, 11) is 0. The van der Waals surface area contributed by atoms with E-state index in [-0.39, 0.29) is 6.10 Å². The third-order valence-corrected chi connectivity index (χ3v) is 3.87. The molecule has 2 rings (SSSR count). The lowest BCUT2D eigenvalue weighted by Crippen LogP contribution is -2.48. The lowest BCUT2D eigenvalue weighted by Gasteiger charge is -2.36. The molecular weight excluding hydrogens is 206 g/mol. The number of hydrogen-bond acceptors (Lipinski definition) is 3. The van der Waals surface area contributed by atoms with Crippen LogP contribution in [0.2, 0.25) is 0 Å². The minimum atomic E-state index is -0.607. The standard InChI is InChI=1S/C12H21NO3/c1-10-8-13(6-7-16-10)9-12(11(14)15)4-2-3-5-12/h10H,2-9H2,1H3,(H,14,15). The van der Waals surface area contributed by atoms with Crippen molar-refractivity contribution in [3.8, 4) is 0 Å². The molecule has 0 aromatic carbocycles. The van der Waals surface area contributed by atoms with Gasteiger partial charge in [-0.15, -0.1) is 0 Å². The lowest BCUT2D eigenvalue weighted by atomic mass is 9.85. The number of nitrogens with zero attached hydrogens (tertiary/aromatic N) is 1. The van der Waals surface area contributed by atoms with E-state index in [0.717, 1.165) is 45.4 Å². The first kappa shape index (κ1) is 11.9. The summed E-state index contributed by atoms with van der Waals surface area (Å²) < 4.78 is 5.48. The van der Waals surface area contributed by atoms with E-state index in [4.69, 9.17) is 4.74 Å². The number of rotatable bonds is 3. The van der Waals surface area contributed by atoms with Gasteiger partial charge in [0.15, 0.2) is 0 Å². The predicted molar refractivity (Wildman–Crippen MR) is 60.4 cm³/mol. The molecule has 0 radical (unpaired) electrons.